The molecule has 0 bridgehead atoms. The summed E-state index contributed by atoms with van der Waals surface area (Å²) in [6.45, 7) is 2.41. The molecule has 1 aliphatic heterocycles. The smallest absolute Gasteiger partial charge is 0.295 e. The van der Waals surface area contributed by atoms with Crippen LogP contribution in [0.5, 0.6) is 5.75 Å². The molecule has 1 atom stereocenters. The Hall–Kier alpha value is -3.15. The molecule has 0 aliphatic carbocycles. The van der Waals surface area contributed by atoms with Crippen LogP contribution in [0.1, 0.15) is 49.8 Å². The van der Waals surface area contributed by atoms with Crippen LogP contribution >= 0.6 is 0 Å². The topological polar surface area (TPSA) is 66.8 Å². The fourth-order valence-electron chi connectivity index (χ4n) is 3.74. The predicted octanol–water partition coefficient (Wildman–Crippen LogP) is 4.84. The molecule has 1 N–H and O–H groups in total. The molecule has 0 radical (unpaired) electrons. The Labute approximate surface area is 175 Å². The number of aliphatic hydroxyl groups excluding tert-OH is 1. The van der Waals surface area contributed by atoms with Crippen molar-refractivity contribution in [3.05, 3.63) is 71.0 Å². The van der Waals surface area contributed by atoms with E-state index in [2.05, 4.69) is 6.92 Å². The van der Waals surface area contributed by atoms with E-state index in [-0.39, 0.29) is 16.9 Å². The average Bonchev–Trinajstić information content (AvgIpc) is 3.01. The molecule has 1 amide bonds. The number of methoxy groups -OCH3 is 1. The zero-order valence-electron chi connectivity index (χ0n) is 17.2. The highest BCUT2D eigenvalue weighted by Crippen LogP contribution is 2.40. The maximum Gasteiger partial charge on any atom is 0.295 e. The molecule has 0 unspecified atom stereocenters. The minimum atomic E-state index is -0.963. The van der Waals surface area contributed by atoms with Crippen LogP contribution in [0.4, 0.5) is 4.39 Å². The summed E-state index contributed by atoms with van der Waals surface area (Å²) in [5, 5.41) is 10.9. The maximum absolute atomic E-state index is 14.7. The van der Waals surface area contributed by atoms with Gasteiger partial charge >= 0.3 is 0 Å². The highest BCUT2D eigenvalue weighted by molar-refractivity contribution is 6.46. The fraction of sp³-hybridized carbons (Fsp3) is 0.333. The van der Waals surface area contributed by atoms with Gasteiger partial charge in [0.25, 0.3) is 11.7 Å². The minimum Gasteiger partial charge on any atom is -0.507 e. The van der Waals surface area contributed by atoms with E-state index in [0.29, 0.717) is 24.3 Å². The van der Waals surface area contributed by atoms with Gasteiger partial charge in [0.15, 0.2) is 0 Å². The number of carbonyl (C=O) groups is 2. The summed E-state index contributed by atoms with van der Waals surface area (Å²) in [4.78, 5) is 27.1. The summed E-state index contributed by atoms with van der Waals surface area (Å²) in [6, 6.07) is 11.6. The second-order valence-electron chi connectivity index (χ2n) is 7.30. The number of nitrogens with zero attached hydrogens (tertiary/aromatic N) is 1. The van der Waals surface area contributed by atoms with Crippen molar-refractivity contribution in [2.24, 2.45) is 0 Å². The van der Waals surface area contributed by atoms with Gasteiger partial charge in [0.2, 0.25) is 0 Å². The Bertz CT molecular complexity index is 952. The van der Waals surface area contributed by atoms with Gasteiger partial charge in [-0.15, -0.1) is 0 Å². The first kappa shape index (κ1) is 21.6. The number of hydrogen-bond acceptors (Lipinski definition) is 4. The largest absolute Gasteiger partial charge is 0.507 e. The van der Waals surface area contributed by atoms with E-state index < -0.39 is 23.5 Å². The van der Waals surface area contributed by atoms with Gasteiger partial charge in [-0.1, -0.05) is 44.4 Å². The molecular formula is C24H26FNO4. The van der Waals surface area contributed by atoms with E-state index in [0.717, 1.165) is 19.3 Å². The molecule has 158 valence electrons. The number of ether oxygens (including phenoxy) is 1. The highest BCUT2D eigenvalue weighted by atomic mass is 19.1. The molecule has 1 fully saturated rings. The summed E-state index contributed by atoms with van der Waals surface area (Å²) in [6.07, 6.45) is 3.66. The number of hydrogen-bond donors (Lipinski definition) is 1. The lowest BCUT2D eigenvalue weighted by molar-refractivity contribution is -0.140. The van der Waals surface area contributed by atoms with Gasteiger partial charge < -0.3 is 14.7 Å². The summed E-state index contributed by atoms with van der Waals surface area (Å²) >= 11 is 0. The van der Waals surface area contributed by atoms with E-state index in [4.69, 9.17) is 4.74 Å². The Kier molecular flexibility index (Phi) is 6.87. The number of Topliss-reactive ketones (excluding diaryl/α,β-unsaturated/α-hetero) is 1. The first-order valence-electron chi connectivity index (χ1n) is 10.2. The van der Waals surface area contributed by atoms with Crippen LogP contribution in [0.25, 0.3) is 5.76 Å². The normalized spacial score (nSPS) is 18.1. The van der Waals surface area contributed by atoms with Crippen molar-refractivity contribution in [2.45, 2.75) is 38.6 Å². The number of aliphatic hydroxyl groups is 1. The molecule has 30 heavy (non-hydrogen) atoms. The molecule has 1 saturated heterocycles. The van der Waals surface area contributed by atoms with Gasteiger partial charge in [-0.25, -0.2) is 4.39 Å². The van der Waals surface area contributed by atoms with E-state index >= 15 is 0 Å². The standard InChI is InChI=1S/C24H26FNO4/c1-3-4-5-8-15-26-21(18-9-6-7-10-19(18)25)20(23(28)24(26)29)22(27)16-11-13-17(30-2)14-12-16/h6-7,9-14,21,27H,3-5,8,15H2,1-2H3/t21-/m0/s1. The van der Waals surface area contributed by atoms with Crippen LogP contribution in [-0.4, -0.2) is 35.4 Å². The predicted molar refractivity (Wildman–Crippen MR) is 113 cm³/mol. The minimum absolute atomic E-state index is 0.0919. The Morgan fingerprint density at radius 1 is 1.07 bits per heavy atom. The van der Waals surface area contributed by atoms with Gasteiger partial charge in [-0.05, 0) is 36.8 Å². The van der Waals surface area contributed by atoms with E-state index in [1.165, 1.54) is 18.1 Å². The molecule has 6 heteroatoms. The van der Waals surface area contributed by atoms with Crippen LogP contribution in [0.2, 0.25) is 0 Å². The number of unbranched alkanes of at least 4 members (excludes halogenated alkanes) is 3. The zero-order valence-corrected chi connectivity index (χ0v) is 17.2. The SMILES string of the molecule is CCCCCCN1C(=O)C(=O)C(=C(O)c2ccc(OC)cc2)[C@@H]1c1ccccc1F. The van der Waals surface area contributed by atoms with Crippen LogP contribution in [-0.2, 0) is 9.59 Å². The van der Waals surface area contributed by atoms with Crippen LogP contribution in [0, 0.1) is 5.82 Å². The lowest BCUT2D eigenvalue weighted by Gasteiger charge is -2.25. The van der Waals surface area contributed by atoms with Gasteiger partial charge in [0.05, 0.1) is 18.7 Å². The Morgan fingerprint density at radius 3 is 2.40 bits per heavy atom. The van der Waals surface area contributed by atoms with Crippen molar-refractivity contribution in [3.8, 4) is 5.75 Å². The third-order valence-corrected chi connectivity index (χ3v) is 5.36. The lowest BCUT2D eigenvalue weighted by Crippen LogP contribution is -2.31. The van der Waals surface area contributed by atoms with Gasteiger partial charge in [0, 0.05) is 17.7 Å². The number of rotatable bonds is 8. The van der Waals surface area contributed by atoms with E-state index in [9.17, 15) is 19.1 Å². The van der Waals surface area contributed by atoms with Crippen LogP contribution < -0.4 is 4.74 Å². The molecule has 5 nitrogen and oxygen atoms in total. The van der Waals surface area contributed by atoms with E-state index in [1.807, 2.05) is 0 Å². The molecular weight excluding hydrogens is 385 g/mol. The summed E-state index contributed by atoms with van der Waals surface area (Å²) < 4.78 is 19.8. The third-order valence-electron chi connectivity index (χ3n) is 5.36. The first-order chi connectivity index (χ1) is 14.5. The van der Waals surface area contributed by atoms with Crippen LogP contribution in [0.15, 0.2) is 54.1 Å². The first-order valence-corrected chi connectivity index (χ1v) is 10.2. The van der Waals surface area contributed by atoms with Crippen molar-refractivity contribution in [3.63, 3.8) is 0 Å². The summed E-state index contributed by atoms with van der Waals surface area (Å²) in [5.74, 6) is -1.76. The van der Waals surface area contributed by atoms with Gasteiger partial charge in [-0.3, -0.25) is 9.59 Å². The van der Waals surface area contributed by atoms with E-state index in [1.54, 1.807) is 42.5 Å². The number of carbonyl (C=O) groups excluding carboxylic acids is 2. The molecule has 2 aromatic rings. The van der Waals surface area contributed by atoms with Gasteiger partial charge in [-0.2, -0.15) is 0 Å². The third kappa shape index (κ3) is 4.22. The maximum atomic E-state index is 14.7. The molecule has 3 rings (SSSR count). The average molecular weight is 411 g/mol. The van der Waals surface area contributed by atoms with Crippen molar-refractivity contribution < 1.29 is 23.8 Å². The number of amides is 1. The van der Waals surface area contributed by atoms with Crippen molar-refractivity contribution in [2.75, 3.05) is 13.7 Å². The number of halogens is 1. The lowest BCUT2D eigenvalue weighted by atomic mass is 9.95. The Balaban J connectivity index is 2.07. The summed E-state index contributed by atoms with van der Waals surface area (Å²) in [7, 11) is 1.52. The summed E-state index contributed by atoms with van der Waals surface area (Å²) in [5.41, 5.74) is 0.467. The van der Waals surface area contributed by atoms with Crippen LogP contribution in [0.3, 0.4) is 0 Å². The van der Waals surface area contributed by atoms with Crippen molar-refractivity contribution >= 4 is 17.4 Å². The quantitative estimate of drug-likeness (QED) is 0.292. The zero-order chi connectivity index (χ0) is 21.7. The highest BCUT2D eigenvalue weighted by Gasteiger charge is 2.46. The molecule has 0 aromatic heterocycles. The number of ketones is 1. The second kappa shape index (κ2) is 9.57. The number of benzene rings is 2. The van der Waals surface area contributed by atoms with Gasteiger partial charge in [0.1, 0.15) is 17.3 Å². The second-order valence-corrected chi connectivity index (χ2v) is 7.30. The fourth-order valence-corrected chi connectivity index (χ4v) is 3.74. The Morgan fingerprint density at radius 2 is 1.77 bits per heavy atom. The number of likely N-dealkylation sites (tertiary alicyclic amines) is 1. The molecule has 1 aliphatic rings. The molecule has 2 aromatic carbocycles. The van der Waals surface area contributed by atoms with Crippen molar-refractivity contribution in [1.82, 2.24) is 4.90 Å². The molecule has 0 saturated carbocycles. The molecule has 0 spiro atoms. The molecule has 1 heterocycles. The monoisotopic (exact) mass is 411 g/mol. The van der Waals surface area contributed by atoms with Crippen molar-refractivity contribution in [1.29, 1.82) is 0 Å².